The molecule has 1 aromatic carbocycles. The van der Waals surface area contributed by atoms with E-state index in [-0.39, 0.29) is 35.7 Å². The number of anilines is 2. The predicted octanol–water partition coefficient (Wildman–Crippen LogP) is 3.98. The number of rotatable bonds is 11. The zero-order valence-corrected chi connectivity index (χ0v) is 22.9. The van der Waals surface area contributed by atoms with Gasteiger partial charge in [0.05, 0.1) is 11.7 Å². The number of amides is 1. The van der Waals surface area contributed by atoms with Crippen LogP contribution in [0.2, 0.25) is 0 Å². The van der Waals surface area contributed by atoms with E-state index in [0.717, 1.165) is 15.0 Å². The number of carbonyl (C=O) groups excluding carboxylic acids is 2. The van der Waals surface area contributed by atoms with Crippen molar-refractivity contribution in [2.45, 2.75) is 90.3 Å². The molecule has 10 heteroatoms. The summed E-state index contributed by atoms with van der Waals surface area (Å²) < 4.78 is 7.79. The first-order valence-corrected chi connectivity index (χ1v) is 13.3. The van der Waals surface area contributed by atoms with Crippen LogP contribution in [0.25, 0.3) is 0 Å². The molecule has 1 atom stereocenters. The van der Waals surface area contributed by atoms with Gasteiger partial charge in [0.15, 0.2) is 0 Å². The van der Waals surface area contributed by atoms with Crippen LogP contribution in [0.1, 0.15) is 72.3 Å². The number of hydrogen-bond donors (Lipinski definition) is 2. The van der Waals surface area contributed by atoms with E-state index in [1.165, 1.54) is 16.3 Å². The predicted molar refractivity (Wildman–Crippen MR) is 145 cm³/mol. The number of nitrogens with one attached hydrogen (secondary N) is 1. The molecule has 0 aliphatic carbocycles. The first kappa shape index (κ1) is 29.2. The van der Waals surface area contributed by atoms with E-state index in [2.05, 4.69) is 5.32 Å². The molecule has 9 nitrogen and oxygen atoms in total. The fraction of sp³-hybridized carbons (Fsp3) is 0.538. The molecule has 0 radical (unpaired) electrons. The van der Waals surface area contributed by atoms with Gasteiger partial charge < -0.3 is 15.8 Å². The van der Waals surface area contributed by atoms with Gasteiger partial charge in [-0.3, -0.25) is 23.5 Å². The third-order valence-corrected chi connectivity index (χ3v) is 6.38. The van der Waals surface area contributed by atoms with Gasteiger partial charge >= 0.3 is 11.7 Å². The molecule has 0 aliphatic rings. The number of benzene rings is 1. The minimum atomic E-state index is -0.594. The normalized spacial score (nSPS) is 12.3. The van der Waals surface area contributed by atoms with Crippen LogP contribution in [-0.4, -0.2) is 32.4 Å². The van der Waals surface area contributed by atoms with Gasteiger partial charge in [-0.05, 0) is 57.7 Å². The Morgan fingerprint density at radius 2 is 1.61 bits per heavy atom. The first-order valence-electron chi connectivity index (χ1n) is 12.3. The maximum Gasteiger partial charge on any atom is 0.332 e. The molecule has 0 fully saturated rings. The Morgan fingerprint density at radius 1 is 1.03 bits per heavy atom. The van der Waals surface area contributed by atoms with Crippen molar-refractivity contribution in [1.29, 1.82) is 0 Å². The minimum absolute atomic E-state index is 0.0312. The highest BCUT2D eigenvalue weighted by Crippen LogP contribution is 2.26. The fourth-order valence-electron chi connectivity index (χ4n) is 3.79. The summed E-state index contributed by atoms with van der Waals surface area (Å²) in [6, 6.07) is 7.37. The van der Waals surface area contributed by atoms with Gasteiger partial charge in [-0.1, -0.05) is 32.9 Å². The molecule has 0 bridgehead atoms. The lowest BCUT2D eigenvalue weighted by Gasteiger charge is -2.20. The van der Waals surface area contributed by atoms with Gasteiger partial charge in [0, 0.05) is 18.0 Å². The molecule has 0 aliphatic heterocycles. The van der Waals surface area contributed by atoms with Crippen LogP contribution >= 0.6 is 11.8 Å². The number of carbonyl (C=O) groups is 2. The van der Waals surface area contributed by atoms with E-state index in [9.17, 15) is 19.2 Å². The van der Waals surface area contributed by atoms with Crippen LogP contribution in [0.15, 0.2) is 38.8 Å². The molecule has 198 valence electrons. The van der Waals surface area contributed by atoms with E-state index >= 15 is 0 Å². The van der Waals surface area contributed by atoms with E-state index in [1.54, 1.807) is 0 Å². The molecule has 0 spiro atoms. The molecule has 3 N–H and O–H groups in total. The van der Waals surface area contributed by atoms with Crippen molar-refractivity contribution in [1.82, 2.24) is 9.13 Å². The molecular formula is C26H38N4O5S. The highest BCUT2D eigenvalue weighted by atomic mass is 32.2. The lowest BCUT2D eigenvalue weighted by molar-refractivity contribution is -0.151. The second-order valence-electron chi connectivity index (χ2n) is 9.55. The van der Waals surface area contributed by atoms with E-state index in [1.807, 2.05) is 65.8 Å². The summed E-state index contributed by atoms with van der Waals surface area (Å²) in [5, 5.41) is 2.71. The summed E-state index contributed by atoms with van der Waals surface area (Å²) in [6.45, 7) is 11.7. The van der Waals surface area contributed by atoms with Gasteiger partial charge in [-0.2, -0.15) is 0 Å². The SMILES string of the molecule is CCCn1c(N)c(NC(=O)[C@H](CC)c2ccc(SCC(=O)OC(C)(C)C)cc2)c(=O)n(CCC)c1=O. The van der Waals surface area contributed by atoms with Crippen molar-refractivity contribution in [2.75, 3.05) is 16.8 Å². The highest BCUT2D eigenvalue weighted by molar-refractivity contribution is 8.00. The number of nitrogens with zero attached hydrogens (tertiary/aromatic N) is 2. The van der Waals surface area contributed by atoms with Crippen LogP contribution < -0.4 is 22.3 Å². The molecular weight excluding hydrogens is 480 g/mol. The Kier molecular flexibility index (Phi) is 10.4. The quantitative estimate of drug-likeness (QED) is 0.340. The smallest absolute Gasteiger partial charge is 0.332 e. The van der Waals surface area contributed by atoms with Gasteiger partial charge in [-0.15, -0.1) is 11.8 Å². The maximum absolute atomic E-state index is 13.2. The van der Waals surface area contributed by atoms with Crippen LogP contribution in [0.3, 0.4) is 0 Å². The Labute approximate surface area is 216 Å². The topological polar surface area (TPSA) is 125 Å². The lowest BCUT2D eigenvalue weighted by Crippen LogP contribution is -2.43. The molecule has 0 saturated heterocycles. The number of aromatic nitrogens is 2. The van der Waals surface area contributed by atoms with Gasteiger partial charge in [0.2, 0.25) is 5.91 Å². The van der Waals surface area contributed by atoms with Crippen LogP contribution in [0.5, 0.6) is 0 Å². The van der Waals surface area contributed by atoms with Crippen molar-refractivity contribution >= 4 is 35.1 Å². The Morgan fingerprint density at radius 3 is 2.14 bits per heavy atom. The number of esters is 1. The van der Waals surface area contributed by atoms with Crippen LogP contribution in [0.4, 0.5) is 11.5 Å². The lowest BCUT2D eigenvalue weighted by atomic mass is 9.95. The molecule has 1 amide bonds. The monoisotopic (exact) mass is 518 g/mol. The maximum atomic E-state index is 13.2. The average molecular weight is 519 g/mol. The Bertz CT molecular complexity index is 1180. The largest absolute Gasteiger partial charge is 0.459 e. The second kappa shape index (κ2) is 12.8. The molecule has 0 saturated carbocycles. The fourth-order valence-corrected chi connectivity index (χ4v) is 4.46. The zero-order chi connectivity index (χ0) is 27.0. The summed E-state index contributed by atoms with van der Waals surface area (Å²) in [5.41, 5.74) is 5.29. The van der Waals surface area contributed by atoms with Crippen molar-refractivity contribution in [3.05, 3.63) is 50.7 Å². The molecule has 2 rings (SSSR count). The van der Waals surface area contributed by atoms with Gasteiger partial charge in [-0.25, -0.2) is 4.79 Å². The Hall–Kier alpha value is -3.01. The van der Waals surface area contributed by atoms with E-state index in [0.29, 0.717) is 25.8 Å². The summed E-state index contributed by atoms with van der Waals surface area (Å²) in [7, 11) is 0. The van der Waals surface area contributed by atoms with Crippen LogP contribution in [0, 0.1) is 0 Å². The average Bonchev–Trinajstić information content (AvgIpc) is 2.81. The number of thioether (sulfide) groups is 1. The van der Waals surface area contributed by atoms with Crippen molar-refractivity contribution in [2.24, 2.45) is 0 Å². The first-order chi connectivity index (χ1) is 16.9. The number of nitrogens with two attached hydrogens (primary N) is 1. The summed E-state index contributed by atoms with van der Waals surface area (Å²) >= 11 is 1.36. The van der Waals surface area contributed by atoms with E-state index < -0.39 is 22.8 Å². The van der Waals surface area contributed by atoms with Crippen molar-refractivity contribution < 1.29 is 14.3 Å². The molecule has 1 aromatic heterocycles. The molecule has 1 heterocycles. The number of hydrogen-bond acceptors (Lipinski definition) is 7. The highest BCUT2D eigenvalue weighted by Gasteiger charge is 2.24. The molecule has 2 aromatic rings. The Balaban J connectivity index is 2.24. The van der Waals surface area contributed by atoms with E-state index in [4.69, 9.17) is 10.5 Å². The summed E-state index contributed by atoms with van der Waals surface area (Å²) in [4.78, 5) is 51.8. The molecule has 36 heavy (non-hydrogen) atoms. The van der Waals surface area contributed by atoms with Gasteiger partial charge in [0.1, 0.15) is 17.1 Å². The number of ether oxygens (including phenoxy) is 1. The number of nitrogen functional groups attached to an aromatic ring is 1. The van der Waals surface area contributed by atoms with Crippen LogP contribution in [-0.2, 0) is 27.4 Å². The minimum Gasteiger partial charge on any atom is -0.459 e. The van der Waals surface area contributed by atoms with Gasteiger partial charge in [0.25, 0.3) is 5.56 Å². The molecule has 0 unspecified atom stereocenters. The summed E-state index contributed by atoms with van der Waals surface area (Å²) in [6.07, 6.45) is 1.74. The summed E-state index contributed by atoms with van der Waals surface area (Å²) in [5.74, 6) is -1.04. The van der Waals surface area contributed by atoms with Crippen molar-refractivity contribution in [3.63, 3.8) is 0 Å². The zero-order valence-electron chi connectivity index (χ0n) is 22.1. The third-order valence-electron chi connectivity index (χ3n) is 5.39. The second-order valence-corrected chi connectivity index (χ2v) is 10.6. The standard InChI is InChI=1S/C26H38N4O5S/c1-7-14-29-22(27)21(24(33)30(15-8-2)25(29)34)28-23(32)19(9-3)17-10-12-18(13-11-17)36-16-20(31)35-26(4,5)6/h10-13,19H,7-9,14-16,27H2,1-6H3,(H,28,32)/t19-/m1/s1. The third kappa shape index (κ3) is 7.49. The van der Waals surface area contributed by atoms with Crippen molar-refractivity contribution in [3.8, 4) is 0 Å².